The standard InChI is InChI=1S/C10H10N4S/c11-10(15)7-14-9(6-12-13-14)8-4-2-1-3-5-8/h1-6H,7H2,(H2,11,15). The molecule has 1 aromatic carbocycles. The molecule has 0 fully saturated rings. The molecule has 0 aliphatic heterocycles. The minimum Gasteiger partial charge on any atom is -0.392 e. The monoisotopic (exact) mass is 218 g/mol. The summed E-state index contributed by atoms with van der Waals surface area (Å²) in [5.41, 5.74) is 7.45. The van der Waals surface area contributed by atoms with Crippen LogP contribution in [0.1, 0.15) is 0 Å². The van der Waals surface area contributed by atoms with Crippen molar-refractivity contribution in [2.45, 2.75) is 6.54 Å². The zero-order valence-electron chi connectivity index (χ0n) is 8.00. The van der Waals surface area contributed by atoms with Crippen LogP contribution in [0.5, 0.6) is 0 Å². The molecule has 0 amide bonds. The first-order valence-electron chi connectivity index (χ1n) is 4.49. The van der Waals surface area contributed by atoms with E-state index in [1.807, 2.05) is 30.3 Å². The quantitative estimate of drug-likeness (QED) is 0.787. The van der Waals surface area contributed by atoms with Gasteiger partial charge in [0.15, 0.2) is 0 Å². The van der Waals surface area contributed by atoms with Crippen molar-refractivity contribution in [1.29, 1.82) is 0 Å². The number of thiocarbonyl (C=S) groups is 1. The lowest BCUT2D eigenvalue weighted by atomic mass is 10.2. The van der Waals surface area contributed by atoms with Crippen molar-refractivity contribution in [1.82, 2.24) is 15.0 Å². The molecular formula is C10H10N4S. The second-order valence-corrected chi connectivity index (χ2v) is 3.63. The molecule has 0 aliphatic rings. The maximum Gasteiger partial charge on any atom is 0.0946 e. The predicted molar refractivity (Wildman–Crippen MR) is 62.2 cm³/mol. The Bertz CT molecular complexity index is 463. The van der Waals surface area contributed by atoms with Crippen molar-refractivity contribution >= 4 is 17.2 Å². The van der Waals surface area contributed by atoms with Gasteiger partial charge in [-0.3, -0.25) is 0 Å². The number of benzene rings is 1. The number of hydrogen-bond acceptors (Lipinski definition) is 3. The summed E-state index contributed by atoms with van der Waals surface area (Å²) in [4.78, 5) is 0.401. The van der Waals surface area contributed by atoms with Crippen molar-refractivity contribution in [2.24, 2.45) is 5.73 Å². The third-order valence-electron chi connectivity index (χ3n) is 1.99. The SMILES string of the molecule is NC(=S)Cn1nncc1-c1ccccc1. The number of nitrogens with zero attached hydrogens (tertiary/aromatic N) is 3. The first-order chi connectivity index (χ1) is 7.27. The van der Waals surface area contributed by atoms with Crippen molar-refractivity contribution in [3.8, 4) is 11.3 Å². The Morgan fingerprint density at radius 3 is 2.73 bits per heavy atom. The summed E-state index contributed by atoms with van der Waals surface area (Å²) in [6.45, 7) is 0.416. The third-order valence-corrected chi connectivity index (χ3v) is 2.12. The van der Waals surface area contributed by atoms with E-state index in [0.717, 1.165) is 11.3 Å². The average molecular weight is 218 g/mol. The van der Waals surface area contributed by atoms with Crippen LogP contribution >= 0.6 is 12.2 Å². The van der Waals surface area contributed by atoms with Crippen LogP contribution in [0.25, 0.3) is 11.3 Å². The van der Waals surface area contributed by atoms with E-state index in [4.69, 9.17) is 18.0 Å². The van der Waals surface area contributed by atoms with Gasteiger partial charge in [0.25, 0.3) is 0 Å². The Morgan fingerprint density at radius 1 is 1.33 bits per heavy atom. The fourth-order valence-corrected chi connectivity index (χ4v) is 1.48. The van der Waals surface area contributed by atoms with Crippen LogP contribution < -0.4 is 5.73 Å². The molecule has 0 bridgehead atoms. The Kier molecular flexibility index (Phi) is 2.73. The van der Waals surface area contributed by atoms with Gasteiger partial charge in [-0.05, 0) is 0 Å². The van der Waals surface area contributed by atoms with Crippen molar-refractivity contribution in [3.63, 3.8) is 0 Å². The topological polar surface area (TPSA) is 56.7 Å². The van der Waals surface area contributed by atoms with Gasteiger partial charge in [0.1, 0.15) is 0 Å². The largest absolute Gasteiger partial charge is 0.392 e. The lowest BCUT2D eigenvalue weighted by Gasteiger charge is -2.04. The van der Waals surface area contributed by atoms with E-state index >= 15 is 0 Å². The first kappa shape index (κ1) is 9.79. The zero-order chi connectivity index (χ0) is 10.7. The van der Waals surface area contributed by atoms with Gasteiger partial charge in [0.2, 0.25) is 0 Å². The highest BCUT2D eigenvalue weighted by molar-refractivity contribution is 7.80. The molecule has 0 radical (unpaired) electrons. The summed E-state index contributed by atoms with van der Waals surface area (Å²) < 4.78 is 1.69. The van der Waals surface area contributed by atoms with Crippen molar-refractivity contribution < 1.29 is 0 Å². The van der Waals surface area contributed by atoms with Gasteiger partial charge in [0, 0.05) is 5.56 Å². The van der Waals surface area contributed by atoms with E-state index in [2.05, 4.69) is 10.3 Å². The molecule has 0 spiro atoms. The maximum atomic E-state index is 5.47. The molecule has 4 nitrogen and oxygen atoms in total. The Hall–Kier alpha value is -1.75. The minimum absolute atomic E-state index is 0.401. The maximum absolute atomic E-state index is 5.47. The van der Waals surface area contributed by atoms with Crippen LogP contribution in [0.15, 0.2) is 36.5 Å². The first-order valence-corrected chi connectivity index (χ1v) is 4.90. The highest BCUT2D eigenvalue weighted by Gasteiger charge is 2.06. The molecule has 1 aromatic heterocycles. The van der Waals surface area contributed by atoms with Crippen LogP contribution in [-0.2, 0) is 6.54 Å². The molecule has 0 unspecified atom stereocenters. The molecule has 1 heterocycles. The molecule has 2 aromatic rings. The molecule has 0 saturated heterocycles. The fraction of sp³-hybridized carbons (Fsp3) is 0.100. The average Bonchev–Trinajstić information content (AvgIpc) is 2.66. The van der Waals surface area contributed by atoms with Gasteiger partial charge in [0.05, 0.1) is 23.4 Å². The van der Waals surface area contributed by atoms with Gasteiger partial charge in [-0.15, -0.1) is 5.10 Å². The van der Waals surface area contributed by atoms with E-state index in [0.29, 0.717) is 11.5 Å². The highest BCUT2D eigenvalue weighted by atomic mass is 32.1. The van der Waals surface area contributed by atoms with Crippen LogP contribution in [0.4, 0.5) is 0 Å². The van der Waals surface area contributed by atoms with Crippen molar-refractivity contribution in [3.05, 3.63) is 36.5 Å². The van der Waals surface area contributed by atoms with E-state index < -0.39 is 0 Å². The van der Waals surface area contributed by atoms with E-state index in [-0.39, 0.29) is 0 Å². The summed E-state index contributed by atoms with van der Waals surface area (Å²) in [7, 11) is 0. The third kappa shape index (κ3) is 2.19. The van der Waals surface area contributed by atoms with Crippen LogP contribution in [0.2, 0.25) is 0 Å². The smallest absolute Gasteiger partial charge is 0.0946 e. The second kappa shape index (κ2) is 4.18. The zero-order valence-corrected chi connectivity index (χ0v) is 8.81. The Morgan fingerprint density at radius 2 is 2.07 bits per heavy atom. The molecular weight excluding hydrogens is 208 g/mol. The van der Waals surface area contributed by atoms with Crippen molar-refractivity contribution in [2.75, 3.05) is 0 Å². The van der Waals surface area contributed by atoms with Gasteiger partial charge in [-0.25, -0.2) is 4.68 Å². The van der Waals surface area contributed by atoms with Gasteiger partial charge < -0.3 is 5.73 Å². The molecule has 0 atom stereocenters. The normalized spacial score (nSPS) is 10.1. The summed E-state index contributed by atoms with van der Waals surface area (Å²) in [5, 5.41) is 7.78. The van der Waals surface area contributed by atoms with Gasteiger partial charge in [-0.2, -0.15) is 0 Å². The molecule has 5 heteroatoms. The molecule has 0 aliphatic carbocycles. The minimum atomic E-state index is 0.401. The van der Waals surface area contributed by atoms with Crippen LogP contribution in [0.3, 0.4) is 0 Å². The molecule has 2 N–H and O–H groups in total. The summed E-state index contributed by atoms with van der Waals surface area (Å²) in [6.07, 6.45) is 1.70. The lowest BCUT2D eigenvalue weighted by Crippen LogP contribution is -2.18. The number of aromatic nitrogens is 3. The predicted octanol–water partition coefficient (Wildman–Crippen LogP) is 1.23. The highest BCUT2D eigenvalue weighted by Crippen LogP contribution is 2.16. The number of hydrogen-bond donors (Lipinski definition) is 1. The van der Waals surface area contributed by atoms with E-state index in [1.165, 1.54) is 0 Å². The fourth-order valence-electron chi connectivity index (χ4n) is 1.35. The second-order valence-electron chi connectivity index (χ2n) is 3.11. The number of nitrogens with two attached hydrogens (primary N) is 1. The molecule has 15 heavy (non-hydrogen) atoms. The van der Waals surface area contributed by atoms with E-state index in [1.54, 1.807) is 10.9 Å². The number of rotatable bonds is 3. The molecule has 2 rings (SSSR count). The summed E-state index contributed by atoms with van der Waals surface area (Å²) >= 11 is 4.84. The Balaban J connectivity index is 2.37. The van der Waals surface area contributed by atoms with Crippen LogP contribution in [0, 0.1) is 0 Å². The van der Waals surface area contributed by atoms with Gasteiger partial charge >= 0.3 is 0 Å². The lowest BCUT2D eigenvalue weighted by molar-refractivity contribution is 0.687. The summed E-state index contributed by atoms with van der Waals surface area (Å²) in [5.74, 6) is 0. The van der Waals surface area contributed by atoms with Crippen LogP contribution in [-0.4, -0.2) is 20.0 Å². The molecule has 76 valence electrons. The molecule has 0 saturated carbocycles. The van der Waals surface area contributed by atoms with E-state index in [9.17, 15) is 0 Å². The Labute approximate surface area is 92.7 Å². The summed E-state index contributed by atoms with van der Waals surface area (Å²) in [6, 6.07) is 9.88. The van der Waals surface area contributed by atoms with Gasteiger partial charge in [-0.1, -0.05) is 47.8 Å².